The summed E-state index contributed by atoms with van der Waals surface area (Å²) in [6, 6.07) is 24.0. The number of furan rings is 1. The number of fused-ring (bicyclic) bond motifs is 1. The number of carboxylic acid groups (broad SMARTS) is 1. The summed E-state index contributed by atoms with van der Waals surface area (Å²) < 4.78 is 13.4. The first kappa shape index (κ1) is 28.6. The number of thiazole rings is 1. The van der Waals surface area contributed by atoms with Gasteiger partial charge in [0.25, 0.3) is 11.5 Å². The first-order chi connectivity index (χ1) is 21.2. The minimum Gasteiger partial charge on any atom is -0.497 e. The third-order valence-electron chi connectivity index (χ3n) is 7.35. The predicted molar refractivity (Wildman–Crippen MR) is 168 cm³/mol. The van der Waals surface area contributed by atoms with Crippen molar-refractivity contribution in [1.29, 1.82) is 0 Å². The summed E-state index contributed by atoms with van der Waals surface area (Å²) in [5, 5.41) is 12.2. The summed E-state index contributed by atoms with van der Waals surface area (Å²) in [6.07, 6.45) is 1.65. The van der Waals surface area contributed by atoms with E-state index in [0.29, 0.717) is 49.1 Å². The number of aromatic carboxylic acids is 1. The van der Waals surface area contributed by atoms with E-state index in [4.69, 9.17) is 9.15 Å². The molecule has 1 atom stereocenters. The summed E-state index contributed by atoms with van der Waals surface area (Å²) in [4.78, 5) is 44.2. The molecule has 1 amide bonds. The van der Waals surface area contributed by atoms with Crippen LogP contribution >= 0.6 is 11.3 Å². The van der Waals surface area contributed by atoms with E-state index in [1.54, 1.807) is 62.6 Å². The van der Waals surface area contributed by atoms with Gasteiger partial charge < -0.3 is 19.6 Å². The Morgan fingerprint density at radius 1 is 1.02 bits per heavy atom. The quantitative estimate of drug-likeness (QED) is 0.265. The zero-order chi connectivity index (χ0) is 31.0. The van der Waals surface area contributed by atoms with Crippen molar-refractivity contribution < 1.29 is 23.8 Å². The van der Waals surface area contributed by atoms with Gasteiger partial charge in [-0.1, -0.05) is 47.7 Å². The highest BCUT2D eigenvalue weighted by atomic mass is 32.1. The number of carbonyl (C=O) groups is 2. The Labute approximate surface area is 255 Å². The number of ether oxygens (including phenoxy) is 1. The van der Waals surface area contributed by atoms with E-state index in [1.165, 1.54) is 22.0 Å². The van der Waals surface area contributed by atoms with Gasteiger partial charge in [-0.15, -0.1) is 0 Å². The fraction of sp³-hybridized carbons (Fsp3) is 0.118. The van der Waals surface area contributed by atoms with Crippen LogP contribution in [0.15, 0.2) is 110 Å². The maximum Gasteiger partial charge on any atom is 0.335 e. The number of benzene rings is 3. The number of nitrogens with one attached hydrogen (secondary N) is 1. The van der Waals surface area contributed by atoms with Crippen LogP contribution < -0.4 is 24.9 Å². The highest BCUT2D eigenvalue weighted by Gasteiger charge is 2.33. The maximum atomic E-state index is 14.0. The van der Waals surface area contributed by atoms with Crippen molar-refractivity contribution in [3.8, 4) is 17.1 Å². The number of amides is 1. The Kier molecular flexibility index (Phi) is 7.59. The van der Waals surface area contributed by atoms with Gasteiger partial charge in [-0.2, -0.15) is 0 Å². The maximum absolute atomic E-state index is 14.0. The van der Waals surface area contributed by atoms with E-state index in [9.17, 15) is 19.5 Å². The van der Waals surface area contributed by atoms with Crippen LogP contribution in [0, 0.1) is 6.92 Å². The Hall–Kier alpha value is -5.48. The minimum atomic E-state index is -1.00. The highest BCUT2D eigenvalue weighted by molar-refractivity contribution is 7.07. The van der Waals surface area contributed by atoms with Gasteiger partial charge in [0.15, 0.2) is 4.80 Å². The molecule has 44 heavy (non-hydrogen) atoms. The van der Waals surface area contributed by atoms with E-state index < -0.39 is 12.0 Å². The highest BCUT2D eigenvalue weighted by Crippen LogP contribution is 2.32. The number of carbonyl (C=O) groups excluding carboxylic acids is 1. The summed E-state index contributed by atoms with van der Waals surface area (Å²) in [5.74, 6) is 0.223. The lowest BCUT2D eigenvalue weighted by Gasteiger charge is -2.25. The van der Waals surface area contributed by atoms with Crippen LogP contribution in [0.2, 0.25) is 0 Å². The number of rotatable bonds is 7. The van der Waals surface area contributed by atoms with Crippen molar-refractivity contribution in [2.45, 2.75) is 19.9 Å². The molecule has 0 spiro atoms. The number of para-hydroxylation sites is 1. The number of nitrogens with zero attached hydrogens (tertiary/aromatic N) is 2. The first-order valence-electron chi connectivity index (χ1n) is 13.7. The lowest BCUT2D eigenvalue weighted by molar-refractivity contribution is -0.113. The molecule has 0 saturated heterocycles. The lowest BCUT2D eigenvalue weighted by Crippen LogP contribution is -2.40. The molecule has 3 aromatic carbocycles. The Balaban J connectivity index is 1.44. The molecule has 3 heterocycles. The second-order valence-corrected chi connectivity index (χ2v) is 11.2. The SMILES string of the molecule is COc1cccc([C@H]2C(C(=O)Nc3ccccc3)=C(C)N=c3s/c(=C\c4ccc(-c5ccc(C(=O)O)cc5C)o4)c(=O)n32)c1. The van der Waals surface area contributed by atoms with Crippen LogP contribution in [0.1, 0.15) is 40.2 Å². The minimum absolute atomic E-state index is 0.192. The predicted octanol–water partition coefficient (Wildman–Crippen LogP) is 5.15. The van der Waals surface area contributed by atoms with E-state index >= 15 is 0 Å². The van der Waals surface area contributed by atoms with E-state index in [1.807, 2.05) is 43.3 Å². The van der Waals surface area contributed by atoms with Gasteiger partial charge in [-0.3, -0.25) is 14.2 Å². The Morgan fingerprint density at radius 2 is 1.82 bits per heavy atom. The summed E-state index contributed by atoms with van der Waals surface area (Å²) in [6.45, 7) is 3.58. The third-order valence-corrected chi connectivity index (χ3v) is 8.33. The number of allylic oxidation sites excluding steroid dienone is 1. The second-order valence-electron chi connectivity index (χ2n) is 10.2. The van der Waals surface area contributed by atoms with Crippen LogP contribution in [0.5, 0.6) is 5.75 Å². The molecule has 0 unspecified atom stereocenters. The zero-order valence-corrected chi connectivity index (χ0v) is 24.8. The largest absolute Gasteiger partial charge is 0.497 e. The van der Waals surface area contributed by atoms with Crippen molar-refractivity contribution in [3.05, 3.63) is 138 Å². The van der Waals surface area contributed by atoms with E-state index in [0.717, 1.165) is 11.1 Å². The molecule has 0 saturated carbocycles. The average Bonchev–Trinajstić information content (AvgIpc) is 3.60. The first-order valence-corrected chi connectivity index (χ1v) is 14.5. The second kappa shape index (κ2) is 11.7. The van der Waals surface area contributed by atoms with Gasteiger partial charge >= 0.3 is 5.97 Å². The molecule has 5 aromatic rings. The van der Waals surface area contributed by atoms with Crippen LogP contribution in [0.3, 0.4) is 0 Å². The third kappa shape index (κ3) is 5.38. The average molecular weight is 606 g/mol. The molecule has 2 aromatic heterocycles. The smallest absolute Gasteiger partial charge is 0.335 e. The van der Waals surface area contributed by atoms with Gasteiger partial charge in [0.2, 0.25) is 0 Å². The molecule has 1 aliphatic heterocycles. The van der Waals surface area contributed by atoms with Crippen LogP contribution in [-0.2, 0) is 4.79 Å². The molecular weight excluding hydrogens is 578 g/mol. The van der Waals surface area contributed by atoms with Crippen molar-refractivity contribution in [3.63, 3.8) is 0 Å². The van der Waals surface area contributed by atoms with Crippen molar-refractivity contribution in [2.75, 3.05) is 12.4 Å². The number of hydrogen-bond donors (Lipinski definition) is 2. The molecule has 0 fully saturated rings. The van der Waals surface area contributed by atoms with Gasteiger partial charge in [0, 0.05) is 17.3 Å². The number of anilines is 1. The van der Waals surface area contributed by atoms with Gasteiger partial charge in [0.1, 0.15) is 17.3 Å². The summed E-state index contributed by atoms with van der Waals surface area (Å²) >= 11 is 1.21. The van der Waals surface area contributed by atoms with Gasteiger partial charge in [0.05, 0.1) is 34.5 Å². The monoisotopic (exact) mass is 605 g/mol. The number of carboxylic acids is 1. The number of hydrogen-bond acceptors (Lipinski definition) is 7. The van der Waals surface area contributed by atoms with Crippen LogP contribution in [0.4, 0.5) is 5.69 Å². The molecular formula is C34H27N3O6S. The fourth-order valence-corrected chi connectivity index (χ4v) is 6.26. The molecule has 220 valence electrons. The standard InChI is InChI=1S/C34H27N3O6S/c1-19-16-22(33(40)41)12-14-26(19)27-15-13-25(43-27)18-28-32(39)37-30(21-8-7-11-24(17-21)42-3)29(20(2)35-34(37)44-28)31(38)36-23-9-5-4-6-10-23/h4-18,30H,1-3H3,(H,36,38)(H,40,41)/b28-18-/t30-/m0/s1. The van der Waals surface area contributed by atoms with E-state index in [-0.39, 0.29) is 17.0 Å². The Bertz CT molecular complexity index is 2140. The molecule has 2 N–H and O–H groups in total. The number of methoxy groups -OCH3 is 1. The molecule has 0 radical (unpaired) electrons. The fourth-order valence-electron chi connectivity index (χ4n) is 5.24. The number of aromatic nitrogens is 1. The lowest BCUT2D eigenvalue weighted by atomic mass is 9.95. The van der Waals surface area contributed by atoms with Crippen molar-refractivity contribution in [2.24, 2.45) is 4.99 Å². The van der Waals surface area contributed by atoms with Crippen molar-refractivity contribution >= 4 is 35.0 Å². The van der Waals surface area contributed by atoms with Crippen molar-refractivity contribution in [1.82, 2.24) is 4.57 Å². The van der Waals surface area contributed by atoms with Crippen LogP contribution in [-0.4, -0.2) is 28.7 Å². The summed E-state index contributed by atoms with van der Waals surface area (Å²) in [7, 11) is 1.56. The van der Waals surface area contributed by atoms with Gasteiger partial charge in [-0.25, -0.2) is 9.79 Å². The molecule has 1 aliphatic rings. The molecule has 6 rings (SSSR count). The zero-order valence-electron chi connectivity index (χ0n) is 24.0. The Morgan fingerprint density at radius 3 is 2.55 bits per heavy atom. The van der Waals surface area contributed by atoms with Gasteiger partial charge in [-0.05, 0) is 73.5 Å². The topological polar surface area (TPSA) is 123 Å². The molecule has 0 aliphatic carbocycles. The molecule has 10 heteroatoms. The number of aryl methyl sites for hydroxylation is 1. The van der Waals surface area contributed by atoms with Crippen LogP contribution in [0.25, 0.3) is 17.4 Å². The normalized spacial score (nSPS) is 14.6. The molecule has 0 bridgehead atoms. The summed E-state index contributed by atoms with van der Waals surface area (Å²) in [5.41, 5.74) is 3.54. The van der Waals surface area contributed by atoms with E-state index in [2.05, 4.69) is 10.3 Å². The molecule has 9 nitrogen and oxygen atoms in total.